The van der Waals surface area contributed by atoms with Gasteiger partial charge in [-0.15, -0.1) is 0 Å². The third-order valence-corrected chi connectivity index (χ3v) is 5.96. The molecule has 0 amide bonds. The van der Waals surface area contributed by atoms with Crippen LogP contribution in [0.5, 0.6) is 11.8 Å². The SMILES string of the molecule is COC(=O)c1nc(Cn2cc3nc(Cl)nc(OC)c3n2)co1.COC(=O)c1nc(Cn2ncc3nc(Cl)nc(OC)c32)co1. The molecule has 18 nitrogen and oxygen atoms in total. The predicted octanol–water partition coefficient (Wildman–Crippen LogP) is 2.62. The maximum atomic E-state index is 11.3. The van der Waals surface area contributed by atoms with Gasteiger partial charge in [-0.05, 0) is 23.2 Å². The van der Waals surface area contributed by atoms with Gasteiger partial charge in [0.15, 0.2) is 5.52 Å². The summed E-state index contributed by atoms with van der Waals surface area (Å²) in [6.07, 6.45) is 5.90. The summed E-state index contributed by atoms with van der Waals surface area (Å²) in [4.78, 5) is 46.7. The van der Waals surface area contributed by atoms with Crippen molar-refractivity contribution >= 4 is 57.2 Å². The van der Waals surface area contributed by atoms with E-state index >= 15 is 0 Å². The van der Waals surface area contributed by atoms with Crippen molar-refractivity contribution in [2.24, 2.45) is 0 Å². The molecule has 6 aromatic heterocycles. The average Bonchev–Trinajstić information content (AvgIpc) is 3.83. The molecule has 228 valence electrons. The van der Waals surface area contributed by atoms with Crippen LogP contribution in [0.25, 0.3) is 22.1 Å². The molecule has 6 heterocycles. The Hall–Kier alpha value is -5.36. The first kappa shape index (κ1) is 30.1. The smallest absolute Gasteiger partial charge is 0.394 e. The summed E-state index contributed by atoms with van der Waals surface area (Å²) in [5, 5.41) is 8.63. The molecule has 0 spiro atoms. The van der Waals surface area contributed by atoms with Crippen molar-refractivity contribution in [2.75, 3.05) is 28.4 Å². The molecule has 0 aliphatic rings. The van der Waals surface area contributed by atoms with E-state index in [0.29, 0.717) is 39.3 Å². The fraction of sp³-hybridized carbons (Fsp3) is 0.250. The number of aromatic nitrogens is 10. The third-order valence-electron chi connectivity index (χ3n) is 5.63. The number of fused-ring (bicyclic) bond motifs is 2. The van der Waals surface area contributed by atoms with E-state index in [-0.39, 0.29) is 41.3 Å². The number of methoxy groups -OCH3 is 4. The first-order valence-electron chi connectivity index (χ1n) is 12.2. The summed E-state index contributed by atoms with van der Waals surface area (Å²) in [6, 6.07) is 0. The maximum absolute atomic E-state index is 11.3. The number of carbonyl (C=O) groups is 2. The summed E-state index contributed by atoms with van der Waals surface area (Å²) in [5.41, 5.74) is 3.11. The Balaban J connectivity index is 0.000000175. The number of ether oxygens (including phenoxy) is 4. The van der Waals surface area contributed by atoms with Crippen molar-refractivity contribution in [3.8, 4) is 11.8 Å². The third kappa shape index (κ3) is 6.35. The van der Waals surface area contributed by atoms with E-state index in [1.807, 2.05) is 0 Å². The van der Waals surface area contributed by atoms with Crippen molar-refractivity contribution in [3.05, 3.63) is 58.7 Å². The quantitative estimate of drug-likeness (QED) is 0.172. The molecule has 0 unspecified atom stereocenters. The lowest BCUT2D eigenvalue weighted by Gasteiger charge is -2.04. The van der Waals surface area contributed by atoms with Gasteiger partial charge in [-0.1, -0.05) is 0 Å². The standard InChI is InChI=1S/2C12H10ClN5O4/c1-20-9-8-7(16-12(13)17-9)3-14-18(8)4-6-5-22-10(15-6)11(19)21-2;1-20-9-8-7(15-12(13)16-9)4-18(17-8)3-6-5-22-10(14-6)11(19)21-2/h3,5H,4H2,1-2H3;4-5H,3H2,1-2H3. The molecule has 0 saturated carbocycles. The Morgan fingerprint density at radius 2 is 1.34 bits per heavy atom. The van der Waals surface area contributed by atoms with Crippen molar-refractivity contribution < 1.29 is 37.4 Å². The van der Waals surface area contributed by atoms with Gasteiger partial charge in [0.05, 0.1) is 53.9 Å². The molecule has 0 fully saturated rings. The molecule has 0 aromatic carbocycles. The van der Waals surface area contributed by atoms with E-state index in [9.17, 15) is 9.59 Å². The highest BCUT2D eigenvalue weighted by atomic mass is 35.5. The van der Waals surface area contributed by atoms with Crippen LogP contribution >= 0.6 is 23.2 Å². The maximum Gasteiger partial charge on any atom is 0.394 e. The number of halogens is 2. The number of hydrogen-bond acceptors (Lipinski definition) is 16. The van der Waals surface area contributed by atoms with Gasteiger partial charge in [0, 0.05) is 0 Å². The Kier molecular flexibility index (Phi) is 8.81. The molecular formula is C24H20Cl2N10O8. The topological polar surface area (TPSA) is 210 Å². The van der Waals surface area contributed by atoms with Gasteiger partial charge in [-0.2, -0.15) is 20.2 Å². The van der Waals surface area contributed by atoms with Crippen LogP contribution in [0.2, 0.25) is 10.6 Å². The van der Waals surface area contributed by atoms with Crippen LogP contribution in [0.3, 0.4) is 0 Å². The van der Waals surface area contributed by atoms with Crippen LogP contribution < -0.4 is 9.47 Å². The van der Waals surface area contributed by atoms with Gasteiger partial charge in [0.2, 0.25) is 22.3 Å². The summed E-state index contributed by atoms with van der Waals surface area (Å²) in [5.74, 6) is -0.955. The lowest BCUT2D eigenvalue weighted by atomic mass is 10.4. The number of carbonyl (C=O) groups excluding carboxylic acids is 2. The molecule has 0 saturated heterocycles. The zero-order valence-corrected chi connectivity index (χ0v) is 24.7. The highest BCUT2D eigenvalue weighted by Gasteiger charge is 2.18. The highest BCUT2D eigenvalue weighted by Crippen LogP contribution is 2.25. The van der Waals surface area contributed by atoms with E-state index in [1.54, 1.807) is 15.6 Å². The lowest BCUT2D eigenvalue weighted by molar-refractivity contribution is 0.0548. The molecule has 44 heavy (non-hydrogen) atoms. The normalized spacial score (nSPS) is 10.9. The largest absolute Gasteiger partial charge is 0.479 e. The Morgan fingerprint density at radius 3 is 1.93 bits per heavy atom. The first-order valence-corrected chi connectivity index (χ1v) is 12.9. The number of oxazole rings is 2. The second-order valence-corrected chi connectivity index (χ2v) is 9.05. The van der Waals surface area contributed by atoms with E-state index in [0.717, 1.165) is 0 Å². The minimum atomic E-state index is -0.649. The van der Waals surface area contributed by atoms with Crippen LogP contribution in [-0.2, 0) is 22.6 Å². The van der Waals surface area contributed by atoms with Gasteiger partial charge in [-0.25, -0.2) is 29.5 Å². The molecule has 0 aliphatic heterocycles. The molecule has 0 radical (unpaired) electrons. The molecule has 6 aromatic rings. The van der Waals surface area contributed by atoms with Crippen LogP contribution in [0.4, 0.5) is 0 Å². The van der Waals surface area contributed by atoms with E-state index in [2.05, 4.69) is 49.6 Å². The van der Waals surface area contributed by atoms with Crippen LogP contribution in [0.15, 0.2) is 33.8 Å². The molecule has 0 aliphatic carbocycles. The zero-order valence-electron chi connectivity index (χ0n) is 23.2. The van der Waals surface area contributed by atoms with Crippen molar-refractivity contribution in [2.45, 2.75) is 13.1 Å². The summed E-state index contributed by atoms with van der Waals surface area (Å²) < 4.78 is 32.6. The van der Waals surface area contributed by atoms with Crippen molar-refractivity contribution in [3.63, 3.8) is 0 Å². The van der Waals surface area contributed by atoms with Crippen molar-refractivity contribution in [1.82, 2.24) is 49.5 Å². The highest BCUT2D eigenvalue weighted by molar-refractivity contribution is 6.29. The predicted molar refractivity (Wildman–Crippen MR) is 148 cm³/mol. The Labute approximate surface area is 255 Å². The van der Waals surface area contributed by atoms with Gasteiger partial charge in [-0.3, -0.25) is 9.36 Å². The van der Waals surface area contributed by atoms with Crippen LogP contribution in [0, 0.1) is 0 Å². The van der Waals surface area contributed by atoms with Gasteiger partial charge < -0.3 is 27.8 Å². The van der Waals surface area contributed by atoms with Gasteiger partial charge >= 0.3 is 23.7 Å². The van der Waals surface area contributed by atoms with Crippen molar-refractivity contribution in [1.29, 1.82) is 0 Å². The second-order valence-electron chi connectivity index (χ2n) is 8.37. The number of nitrogens with zero attached hydrogens (tertiary/aromatic N) is 10. The first-order chi connectivity index (χ1) is 21.2. The number of hydrogen-bond donors (Lipinski definition) is 0. The zero-order chi connectivity index (χ0) is 31.4. The van der Waals surface area contributed by atoms with Crippen LogP contribution in [0.1, 0.15) is 32.8 Å². The molecule has 20 heteroatoms. The lowest BCUT2D eigenvalue weighted by Crippen LogP contribution is -2.06. The molecule has 0 atom stereocenters. The summed E-state index contributed by atoms with van der Waals surface area (Å²) in [6.45, 7) is 0.517. The second kappa shape index (κ2) is 12.9. The average molecular weight is 647 g/mol. The molecular weight excluding hydrogens is 627 g/mol. The Morgan fingerprint density at radius 1 is 0.773 bits per heavy atom. The fourth-order valence-corrected chi connectivity index (χ4v) is 4.11. The monoisotopic (exact) mass is 646 g/mol. The van der Waals surface area contributed by atoms with E-state index < -0.39 is 11.9 Å². The Bertz CT molecular complexity index is 1960. The summed E-state index contributed by atoms with van der Waals surface area (Å²) >= 11 is 11.6. The van der Waals surface area contributed by atoms with Gasteiger partial charge in [0.1, 0.15) is 40.5 Å². The number of rotatable bonds is 8. The molecule has 6 rings (SSSR count). The van der Waals surface area contributed by atoms with Crippen LogP contribution in [-0.4, -0.2) is 89.8 Å². The molecule has 0 N–H and O–H groups in total. The fourth-order valence-electron chi connectivity index (χ4n) is 3.77. The minimum Gasteiger partial charge on any atom is -0.479 e. The number of esters is 2. The minimum absolute atomic E-state index is 0.0679. The molecule has 0 bridgehead atoms. The van der Waals surface area contributed by atoms with E-state index in [1.165, 1.54) is 47.2 Å². The van der Waals surface area contributed by atoms with Gasteiger partial charge in [0.25, 0.3) is 0 Å². The summed E-state index contributed by atoms with van der Waals surface area (Å²) in [7, 11) is 5.44. The van der Waals surface area contributed by atoms with E-state index in [4.69, 9.17) is 41.5 Å².